The largest absolute Gasteiger partial charge is 0.373 e. The molecule has 0 aromatic heterocycles. The molecule has 14 heavy (non-hydrogen) atoms. The first-order valence-electron chi connectivity index (χ1n) is 5.92. The second-order valence-electron chi connectivity index (χ2n) is 5.00. The normalized spacial score (nSPS) is 42.9. The van der Waals surface area contributed by atoms with Crippen LogP contribution in [0.5, 0.6) is 0 Å². The number of ether oxygens (including phenoxy) is 1. The van der Waals surface area contributed by atoms with E-state index < -0.39 is 0 Å². The lowest BCUT2D eigenvalue weighted by molar-refractivity contribution is -0.0619. The summed E-state index contributed by atoms with van der Waals surface area (Å²) in [5.41, 5.74) is 0. The first-order valence-corrected chi connectivity index (χ1v) is 5.92. The predicted octanol–water partition coefficient (Wildman–Crippen LogP) is 0.600. The Labute approximate surface area is 85.8 Å². The molecule has 0 radical (unpaired) electrons. The molecule has 2 bridgehead atoms. The van der Waals surface area contributed by atoms with E-state index in [2.05, 4.69) is 17.3 Å². The first kappa shape index (κ1) is 9.13. The highest BCUT2D eigenvalue weighted by Crippen LogP contribution is 2.35. The summed E-state index contributed by atoms with van der Waals surface area (Å²) in [4.78, 5) is 2.56. The third kappa shape index (κ3) is 1.38. The van der Waals surface area contributed by atoms with Gasteiger partial charge < -0.3 is 10.1 Å². The zero-order valence-electron chi connectivity index (χ0n) is 8.91. The monoisotopic (exact) mass is 196 g/mol. The standard InChI is InChI=1S/C11H20N2O/c1-13(8-6-12-7-8)10-4-2-9-3-5-11(10)14-9/h8-12H,2-7H2,1H3. The lowest BCUT2D eigenvalue weighted by Gasteiger charge is -2.44. The Morgan fingerprint density at radius 2 is 1.93 bits per heavy atom. The van der Waals surface area contributed by atoms with Crippen molar-refractivity contribution in [2.24, 2.45) is 0 Å². The molecular formula is C11H20N2O. The molecule has 80 valence electrons. The van der Waals surface area contributed by atoms with Crippen LogP contribution in [0.4, 0.5) is 0 Å². The van der Waals surface area contributed by atoms with E-state index >= 15 is 0 Å². The Morgan fingerprint density at radius 3 is 2.64 bits per heavy atom. The lowest BCUT2D eigenvalue weighted by atomic mass is 9.99. The molecule has 3 heterocycles. The van der Waals surface area contributed by atoms with Gasteiger partial charge in [0.2, 0.25) is 0 Å². The molecule has 0 spiro atoms. The van der Waals surface area contributed by atoms with Crippen LogP contribution in [-0.2, 0) is 4.74 Å². The third-order valence-electron chi connectivity index (χ3n) is 4.21. The molecule has 0 amide bonds. The van der Waals surface area contributed by atoms with Crippen molar-refractivity contribution in [3.8, 4) is 0 Å². The average molecular weight is 196 g/mol. The SMILES string of the molecule is CN(C1CNC1)C1CCC2CCC1O2. The maximum atomic E-state index is 5.99. The number of hydrogen-bond acceptors (Lipinski definition) is 3. The maximum Gasteiger partial charge on any atom is 0.0735 e. The number of hydrogen-bond donors (Lipinski definition) is 1. The van der Waals surface area contributed by atoms with Crippen molar-refractivity contribution in [3.05, 3.63) is 0 Å². The van der Waals surface area contributed by atoms with E-state index in [-0.39, 0.29) is 0 Å². The molecule has 3 fully saturated rings. The number of fused-ring (bicyclic) bond motifs is 2. The van der Waals surface area contributed by atoms with Gasteiger partial charge in [-0.05, 0) is 32.7 Å². The molecule has 0 aromatic rings. The van der Waals surface area contributed by atoms with Gasteiger partial charge in [0.15, 0.2) is 0 Å². The fourth-order valence-corrected chi connectivity index (χ4v) is 3.07. The summed E-state index contributed by atoms with van der Waals surface area (Å²) < 4.78 is 5.99. The summed E-state index contributed by atoms with van der Waals surface area (Å²) in [6.45, 7) is 2.34. The van der Waals surface area contributed by atoms with Crippen molar-refractivity contribution in [1.29, 1.82) is 0 Å². The molecule has 0 saturated carbocycles. The van der Waals surface area contributed by atoms with Gasteiger partial charge >= 0.3 is 0 Å². The topological polar surface area (TPSA) is 24.5 Å². The summed E-state index contributed by atoms with van der Waals surface area (Å²) in [6, 6.07) is 1.46. The minimum Gasteiger partial charge on any atom is -0.373 e. The van der Waals surface area contributed by atoms with E-state index in [0.717, 1.165) is 6.04 Å². The van der Waals surface area contributed by atoms with Gasteiger partial charge in [0.25, 0.3) is 0 Å². The van der Waals surface area contributed by atoms with E-state index in [9.17, 15) is 0 Å². The summed E-state index contributed by atoms with van der Waals surface area (Å²) in [5.74, 6) is 0. The van der Waals surface area contributed by atoms with Crippen molar-refractivity contribution in [3.63, 3.8) is 0 Å². The van der Waals surface area contributed by atoms with Gasteiger partial charge in [-0.3, -0.25) is 4.90 Å². The number of nitrogens with one attached hydrogen (secondary N) is 1. The summed E-state index contributed by atoms with van der Waals surface area (Å²) in [6.07, 6.45) is 6.37. The molecule has 3 rings (SSSR count). The Morgan fingerprint density at radius 1 is 1.14 bits per heavy atom. The molecule has 3 aliphatic rings. The second-order valence-corrected chi connectivity index (χ2v) is 5.00. The van der Waals surface area contributed by atoms with Crippen LogP contribution in [0.2, 0.25) is 0 Å². The lowest BCUT2D eigenvalue weighted by Crippen LogP contribution is -2.61. The van der Waals surface area contributed by atoms with E-state index in [1.165, 1.54) is 38.8 Å². The Bertz CT molecular complexity index is 217. The van der Waals surface area contributed by atoms with Crippen LogP contribution in [0.25, 0.3) is 0 Å². The highest BCUT2D eigenvalue weighted by molar-refractivity contribution is 4.95. The highest BCUT2D eigenvalue weighted by Gasteiger charge is 2.40. The molecular weight excluding hydrogens is 176 g/mol. The minimum atomic E-state index is 0.541. The van der Waals surface area contributed by atoms with Crippen molar-refractivity contribution in [1.82, 2.24) is 10.2 Å². The van der Waals surface area contributed by atoms with Crippen LogP contribution in [0.15, 0.2) is 0 Å². The first-order chi connectivity index (χ1) is 6.84. The number of likely N-dealkylation sites (N-methyl/N-ethyl adjacent to an activating group) is 1. The van der Waals surface area contributed by atoms with E-state index in [1.54, 1.807) is 0 Å². The summed E-state index contributed by atoms with van der Waals surface area (Å²) >= 11 is 0. The van der Waals surface area contributed by atoms with Crippen molar-refractivity contribution >= 4 is 0 Å². The maximum absolute atomic E-state index is 5.99. The Balaban J connectivity index is 1.65. The van der Waals surface area contributed by atoms with E-state index in [1.807, 2.05) is 0 Å². The van der Waals surface area contributed by atoms with Gasteiger partial charge in [-0.15, -0.1) is 0 Å². The van der Waals surface area contributed by atoms with Crippen molar-refractivity contribution in [2.45, 2.75) is 50.0 Å². The van der Waals surface area contributed by atoms with Gasteiger partial charge in [0.1, 0.15) is 0 Å². The molecule has 1 N–H and O–H groups in total. The molecule has 3 saturated heterocycles. The molecule has 3 unspecified atom stereocenters. The van der Waals surface area contributed by atoms with Crippen LogP contribution in [0.3, 0.4) is 0 Å². The zero-order valence-corrected chi connectivity index (χ0v) is 8.91. The van der Waals surface area contributed by atoms with Gasteiger partial charge in [-0.2, -0.15) is 0 Å². The van der Waals surface area contributed by atoms with Gasteiger partial charge in [0, 0.05) is 25.2 Å². The second kappa shape index (κ2) is 3.47. The molecule has 0 aliphatic carbocycles. The van der Waals surface area contributed by atoms with Gasteiger partial charge in [-0.25, -0.2) is 0 Å². The molecule has 3 atom stereocenters. The zero-order chi connectivity index (χ0) is 9.54. The molecule has 3 aliphatic heterocycles. The highest BCUT2D eigenvalue weighted by atomic mass is 16.5. The Hall–Kier alpha value is -0.120. The Kier molecular flexibility index (Phi) is 2.26. The summed E-state index contributed by atoms with van der Waals surface area (Å²) in [5, 5.41) is 3.34. The minimum absolute atomic E-state index is 0.541. The number of nitrogens with zero attached hydrogens (tertiary/aromatic N) is 1. The number of rotatable bonds is 2. The van der Waals surface area contributed by atoms with Crippen molar-refractivity contribution in [2.75, 3.05) is 20.1 Å². The smallest absolute Gasteiger partial charge is 0.0735 e. The third-order valence-corrected chi connectivity index (χ3v) is 4.21. The van der Waals surface area contributed by atoms with E-state index in [4.69, 9.17) is 4.74 Å². The molecule has 3 nitrogen and oxygen atoms in total. The van der Waals surface area contributed by atoms with Crippen LogP contribution in [0.1, 0.15) is 25.7 Å². The van der Waals surface area contributed by atoms with Crippen LogP contribution in [0, 0.1) is 0 Å². The predicted molar refractivity (Wildman–Crippen MR) is 55.3 cm³/mol. The summed E-state index contributed by atoms with van der Waals surface area (Å²) in [7, 11) is 2.28. The van der Waals surface area contributed by atoms with Crippen LogP contribution >= 0.6 is 0 Å². The fraction of sp³-hybridized carbons (Fsp3) is 1.00. The van der Waals surface area contributed by atoms with Crippen molar-refractivity contribution < 1.29 is 4.74 Å². The van der Waals surface area contributed by atoms with Gasteiger partial charge in [0.05, 0.1) is 12.2 Å². The van der Waals surface area contributed by atoms with Gasteiger partial charge in [-0.1, -0.05) is 0 Å². The molecule has 0 aromatic carbocycles. The molecule has 3 heteroatoms. The quantitative estimate of drug-likeness (QED) is 0.700. The van der Waals surface area contributed by atoms with Crippen LogP contribution in [-0.4, -0.2) is 49.3 Å². The average Bonchev–Trinajstić information content (AvgIpc) is 2.45. The fourth-order valence-electron chi connectivity index (χ4n) is 3.07. The van der Waals surface area contributed by atoms with Crippen LogP contribution < -0.4 is 5.32 Å². The van der Waals surface area contributed by atoms with E-state index in [0.29, 0.717) is 18.2 Å².